The van der Waals surface area contributed by atoms with Gasteiger partial charge in [0.25, 0.3) is 0 Å². The minimum atomic E-state index is -0.117. The van der Waals surface area contributed by atoms with Crippen LogP contribution in [0, 0.1) is 6.92 Å². The molecule has 0 amide bonds. The molecule has 6 heteroatoms. The van der Waals surface area contributed by atoms with E-state index in [1.54, 1.807) is 0 Å². The van der Waals surface area contributed by atoms with Crippen LogP contribution in [0.25, 0.3) is 0 Å². The zero-order valence-electron chi connectivity index (χ0n) is 12.9. The fourth-order valence-corrected chi connectivity index (χ4v) is 2.34. The zero-order valence-corrected chi connectivity index (χ0v) is 13.7. The van der Waals surface area contributed by atoms with Gasteiger partial charge in [0, 0.05) is 29.9 Å². The van der Waals surface area contributed by atoms with E-state index in [4.69, 9.17) is 10.8 Å². The Hall–Kier alpha value is -1.01. The average Bonchev–Trinajstić information content (AvgIpc) is 2.37. The molecule has 0 fully saturated rings. The normalized spacial score (nSPS) is 11.7. The Kier molecular flexibility index (Phi) is 6.55. The smallest absolute Gasteiger partial charge is 0.138 e. The molecule has 1 aromatic heterocycles. The summed E-state index contributed by atoms with van der Waals surface area (Å²) < 4.78 is 0. The predicted octanol–water partition coefficient (Wildman–Crippen LogP) is 2.19. The monoisotopic (exact) mass is 298 g/mol. The van der Waals surface area contributed by atoms with Gasteiger partial charge in [-0.1, -0.05) is 20.8 Å². The lowest BCUT2D eigenvalue weighted by atomic mass is 9.95. The van der Waals surface area contributed by atoms with E-state index in [1.807, 2.05) is 18.7 Å². The number of thioether (sulfide) groups is 1. The Bertz CT molecular complexity index is 432. The van der Waals surface area contributed by atoms with Gasteiger partial charge in [0.2, 0.25) is 0 Å². The number of nitrogen functional groups attached to an aromatic ring is 1. The first-order valence-electron chi connectivity index (χ1n) is 6.93. The topological polar surface area (TPSA) is 84.1 Å². The molecule has 0 radical (unpaired) electrons. The Morgan fingerprint density at radius 2 is 1.95 bits per heavy atom. The zero-order chi connectivity index (χ0) is 15.2. The van der Waals surface area contributed by atoms with Crippen LogP contribution >= 0.6 is 11.8 Å². The van der Waals surface area contributed by atoms with Crippen molar-refractivity contribution in [2.45, 2.75) is 39.5 Å². The lowest BCUT2D eigenvalue weighted by Gasteiger charge is -2.19. The largest absolute Gasteiger partial charge is 0.396 e. The number of anilines is 2. The molecule has 1 heterocycles. The predicted molar refractivity (Wildman–Crippen MR) is 87.4 cm³/mol. The fourth-order valence-electron chi connectivity index (χ4n) is 1.55. The van der Waals surface area contributed by atoms with E-state index >= 15 is 0 Å². The van der Waals surface area contributed by atoms with E-state index in [0.29, 0.717) is 5.82 Å². The van der Waals surface area contributed by atoms with Crippen LogP contribution < -0.4 is 11.1 Å². The number of nitrogens with zero attached hydrogens (tertiary/aromatic N) is 2. The van der Waals surface area contributed by atoms with E-state index in [1.165, 1.54) is 0 Å². The molecule has 0 saturated carbocycles. The lowest BCUT2D eigenvalue weighted by Crippen LogP contribution is -2.20. The second-order valence-corrected chi connectivity index (χ2v) is 7.00. The number of aliphatic hydroxyl groups excluding tert-OH is 1. The summed E-state index contributed by atoms with van der Waals surface area (Å²) in [6, 6.07) is 0. The molecule has 0 aromatic carbocycles. The molecule has 0 atom stereocenters. The summed E-state index contributed by atoms with van der Waals surface area (Å²) in [5, 5.41) is 12.0. The van der Waals surface area contributed by atoms with Crippen LogP contribution in [0.1, 0.15) is 38.6 Å². The molecule has 0 unspecified atom stereocenters. The molecule has 4 N–H and O–H groups in total. The maximum absolute atomic E-state index is 8.71. The van der Waals surface area contributed by atoms with E-state index < -0.39 is 0 Å². The van der Waals surface area contributed by atoms with Crippen LogP contribution in [0.5, 0.6) is 0 Å². The Morgan fingerprint density at radius 1 is 1.25 bits per heavy atom. The first-order chi connectivity index (χ1) is 9.36. The first kappa shape index (κ1) is 17.0. The fraction of sp³-hybridized carbons (Fsp3) is 0.714. The van der Waals surface area contributed by atoms with Gasteiger partial charge in [0.05, 0.1) is 0 Å². The van der Waals surface area contributed by atoms with Gasteiger partial charge in [0.15, 0.2) is 0 Å². The molecule has 20 heavy (non-hydrogen) atoms. The third-order valence-corrected chi connectivity index (χ3v) is 3.91. The average molecular weight is 298 g/mol. The van der Waals surface area contributed by atoms with Crippen molar-refractivity contribution in [1.82, 2.24) is 9.97 Å². The second-order valence-electron chi connectivity index (χ2n) is 5.77. The van der Waals surface area contributed by atoms with Crippen LogP contribution in [-0.4, -0.2) is 39.7 Å². The van der Waals surface area contributed by atoms with Gasteiger partial charge >= 0.3 is 0 Å². The van der Waals surface area contributed by atoms with E-state index in [0.717, 1.165) is 41.7 Å². The van der Waals surface area contributed by atoms with Gasteiger partial charge < -0.3 is 16.2 Å². The molecular weight excluding hydrogens is 272 g/mol. The van der Waals surface area contributed by atoms with Crippen molar-refractivity contribution in [2.24, 2.45) is 0 Å². The van der Waals surface area contributed by atoms with Crippen molar-refractivity contribution in [3.63, 3.8) is 0 Å². The highest BCUT2D eigenvalue weighted by Crippen LogP contribution is 2.24. The Labute approximate surface area is 125 Å². The number of aromatic nitrogens is 2. The molecule has 0 spiro atoms. The summed E-state index contributed by atoms with van der Waals surface area (Å²) >= 11 is 1.82. The number of hydrogen-bond donors (Lipinski definition) is 3. The van der Waals surface area contributed by atoms with Crippen LogP contribution in [0.15, 0.2) is 0 Å². The summed E-state index contributed by atoms with van der Waals surface area (Å²) in [6.45, 7) is 9.25. The Morgan fingerprint density at radius 3 is 2.55 bits per heavy atom. The maximum Gasteiger partial charge on any atom is 0.138 e. The summed E-state index contributed by atoms with van der Waals surface area (Å²) in [4.78, 5) is 8.95. The molecule has 0 aliphatic rings. The number of rotatable bonds is 7. The SMILES string of the molecule is Cc1c(N)nc(C(C)(C)C)nc1NCCSCCCO. The summed E-state index contributed by atoms with van der Waals surface area (Å²) in [5.74, 6) is 4.09. The molecule has 114 valence electrons. The first-order valence-corrected chi connectivity index (χ1v) is 8.08. The van der Waals surface area contributed by atoms with E-state index in [-0.39, 0.29) is 12.0 Å². The van der Waals surface area contributed by atoms with E-state index in [9.17, 15) is 0 Å². The van der Waals surface area contributed by atoms with Crippen LogP contribution in [-0.2, 0) is 5.41 Å². The van der Waals surface area contributed by atoms with Crippen molar-refractivity contribution in [3.05, 3.63) is 11.4 Å². The Balaban J connectivity index is 2.63. The summed E-state index contributed by atoms with van der Waals surface area (Å²) in [7, 11) is 0. The quantitative estimate of drug-likeness (QED) is 0.669. The molecule has 0 bridgehead atoms. The molecule has 1 rings (SSSR count). The molecular formula is C14H26N4OS. The van der Waals surface area contributed by atoms with Crippen molar-refractivity contribution in [3.8, 4) is 0 Å². The van der Waals surface area contributed by atoms with Gasteiger partial charge in [-0.05, 0) is 19.1 Å². The number of nitrogens with two attached hydrogens (primary N) is 1. The van der Waals surface area contributed by atoms with Crippen molar-refractivity contribution in [1.29, 1.82) is 0 Å². The molecule has 5 nitrogen and oxygen atoms in total. The third-order valence-electron chi connectivity index (χ3n) is 2.84. The van der Waals surface area contributed by atoms with Gasteiger partial charge in [-0.25, -0.2) is 9.97 Å². The number of nitrogens with one attached hydrogen (secondary N) is 1. The molecule has 1 aromatic rings. The van der Waals surface area contributed by atoms with Gasteiger partial charge in [0.1, 0.15) is 17.5 Å². The van der Waals surface area contributed by atoms with E-state index in [2.05, 4.69) is 36.1 Å². The van der Waals surface area contributed by atoms with Crippen LogP contribution in [0.4, 0.5) is 11.6 Å². The molecule has 0 aliphatic carbocycles. The number of aliphatic hydroxyl groups is 1. The molecule has 0 aliphatic heterocycles. The standard InChI is InChI=1S/C14H26N4OS/c1-10-11(15)17-13(14(2,3)4)18-12(10)16-6-9-20-8-5-7-19/h19H,5-9H2,1-4H3,(H3,15,16,17,18). The summed E-state index contributed by atoms with van der Waals surface area (Å²) in [6.07, 6.45) is 0.846. The number of hydrogen-bond acceptors (Lipinski definition) is 6. The highest BCUT2D eigenvalue weighted by atomic mass is 32.2. The third kappa shape index (κ3) is 5.17. The van der Waals surface area contributed by atoms with Gasteiger partial charge in [-0.2, -0.15) is 11.8 Å². The summed E-state index contributed by atoms with van der Waals surface area (Å²) in [5.41, 5.74) is 6.75. The van der Waals surface area contributed by atoms with Gasteiger partial charge in [-0.3, -0.25) is 0 Å². The minimum absolute atomic E-state index is 0.117. The highest BCUT2D eigenvalue weighted by molar-refractivity contribution is 7.99. The van der Waals surface area contributed by atoms with Crippen LogP contribution in [0.2, 0.25) is 0 Å². The molecule has 0 saturated heterocycles. The van der Waals surface area contributed by atoms with Crippen LogP contribution in [0.3, 0.4) is 0 Å². The van der Waals surface area contributed by atoms with Crippen molar-refractivity contribution < 1.29 is 5.11 Å². The highest BCUT2D eigenvalue weighted by Gasteiger charge is 2.20. The van der Waals surface area contributed by atoms with Gasteiger partial charge in [-0.15, -0.1) is 0 Å². The maximum atomic E-state index is 8.71. The lowest BCUT2D eigenvalue weighted by molar-refractivity contribution is 0.296. The van der Waals surface area contributed by atoms with Crippen molar-refractivity contribution >= 4 is 23.4 Å². The second kappa shape index (κ2) is 7.69. The van der Waals surface area contributed by atoms with Crippen molar-refractivity contribution in [2.75, 3.05) is 35.7 Å². The minimum Gasteiger partial charge on any atom is -0.396 e.